The number of benzene rings is 1. The van der Waals surface area contributed by atoms with E-state index in [1.54, 1.807) is 12.1 Å². The molecule has 1 aliphatic heterocycles. The maximum absolute atomic E-state index is 13.5. The minimum Gasteiger partial charge on any atom is -0.350 e. The van der Waals surface area contributed by atoms with Gasteiger partial charge in [-0.1, -0.05) is 25.5 Å². The summed E-state index contributed by atoms with van der Waals surface area (Å²) in [5.74, 6) is -0.324. The number of nitrogens with one attached hydrogen (secondary N) is 2. The molecule has 1 spiro atoms. The number of amides is 3. The zero-order valence-electron chi connectivity index (χ0n) is 14.7. The van der Waals surface area contributed by atoms with Gasteiger partial charge in [0, 0.05) is 26.2 Å². The van der Waals surface area contributed by atoms with Gasteiger partial charge >= 0.3 is 6.03 Å². The Morgan fingerprint density at radius 2 is 1.96 bits per heavy atom. The van der Waals surface area contributed by atoms with E-state index in [1.165, 1.54) is 31.4 Å². The second-order valence-electron chi connectivity index (χ2n) is 7.29. The van der Waals surface area contributed by atoms with Crippen LogP contribution in [0.5, 0.6) is 0 Å². The first-order chi connectivity index (χ1) is 12.0. The van der Waals surface area contributed by atoms with Crippen molar-refractivity contribution < 1.29 is 14.0 Å². The smallest absolute Gasteiger partial charge is 0.317 e. The van der Waals surface area contributed by atoms with Crippen LogP contribution in [0.3, 0.4) is 0 Å². The van der Waals surface area contributed by atoms with Crippen molar-refractivity contribution in [2.75, 3.05) is 26.2 Å². The number of piperidine rings is 1. The second-order valence-corrected chi connectivity index (χ2v) is 7.29. The third-order valence-corrected chi connectivity index (χ3v) is 5.82. The van der Waals surface area contributed by atoms with Gasteiger partial charge in [-0.2, -0.15) is 0 Å². The molecule has 0 bridgehead atoms. The summed E-state index contributed by atoms with van der Waals surface area (Å²) in [6.07, 6.45) is 4.76. The first-order valence-electron chi connectivity index (χ1n) is 9.07. The minimum absolute atomic E-state index is 0.0192. The number of rotatable bonds is 4. The van der Waals surface area contributed by atoms with Crippen LogP contribution < -0.4 is 10.6 Å². The monoisotopic (exact) mass is 347 g/mol. The molecule has 2 aliphatic rings. The molecular weight excluding hydrogens is 321 g/mol. The molecular formula is C19H26FN3O2. The van der Waals surface area contributed by atoms with E-state index in [2.05, 4.69) is 17.6 Å². The standard InChI is InChI=1S/C19H26FN3O2/c1-14-7-12-23(13-19(14)8-4-9-19)18(25)22-11-10-21-17(24)15-5-2-3-6-16(15)20/h2-3,5-6,14H,4,7-13H2,1H3,(H,21,24)(H,22,25). The number of hydrogen-bond acceptors (Lipinski definition) is 2. The Kier molecular flexibility index (Phi) is 5.25. The van der Waals surface area contributed by atoms with Crippen LogP contribution in [0.25, 0.3) is 0 Å². The molecule has 3 amide bonds. The van der Waals surface area contributed by atoms with Crippen LogP contribution >= 0.6 is 0 Å². The fourth-order valence-corrected chi connectivity index (χ4v) is 3.92. The van der Waals surface area contributed by atoms with Gasteiger partial charge in [-0.3, -0.25) is 4.79 Å². The normalized spacial score (nSPS) is 21.5. The average molecular weight is 347 g/mol. The lowest BCUT2D eigenvalue weighted by molar-refractivity contribution is -0.0128. The van der Waals surface area contributed by atoms with Crippen molar-refractivity contribution >= 4 is 11.9 Å². The highest BCUT2D eigenvalue weighted by Gasteiger charge is 2.46. The molecule has 1 atom stereocenters. The van der Waals surface area contributed by atoms with Gasteiger partial charge < -0.3 is 15.5 Å². The Labute approximate surface area is 148 Å². The molecule has 5 nitrogen and oxygen atoms in total. The number of carbonyl (C=O) groups excluding carboxylic acids is 2. The Morgan fingerprint density at radius 3 is 2.64 bits per heavy atom. The Hall–Kier alpha value is -2.11. The van der Waals surface area contributed by atoms with Crippen molar-refractivity contribution in [1.29, 1.82) is 0 Å². The third-order valence-electron chi connectivity index (χ3n) is 5.82. The zero-order valence-corrected chi connectivity index (χ0v) is 14.7. The van der Waals surface area contributed by atoms with Crippen LogP contribution in [-0.4, -0.2) is 43.0 Å². The number of nitrogens with zero attached hydrogens (tertiary/aromatic N) is 1. The lowest BCUT2D eigenvalue weighted by Crippen LogP contribution is -2.55. The highest BCUT2D eigenvalue weighted by Crippen LogP contribution is 2.50. The fraction of sp³-hybridized carbons (Fsp3) is 0.579. The maximum atomic E-state index is 13.5. The van der Waals surface area contributed by atoms with Crippen molar-refractivity contribution in [2.45, 2.75) is 32.6 Å². The highest BCUT2D eigenvalue weighted by atomic mass is 19.1. The van der Waals surface area contributed by atoms with Gasteiger partial charge in [0.25, 0.3) is 5.91 Å². The van der Waals surface area contributed by atoms with Gasteiger partial charge in [-0.25, -0.2) is 9.18 Å². The molecule has 3 rings (SSSR count). The molecule has 1 heterocycles. The minimum atomic E-state index is -0.544. The van der Waals surface area contributed by atoms with E-state index in [9.17, 15) is 14.0 Å². The molecule has 1 aromatic rings. The Morgan fingerprint density at radius 1 is 1.24 bits per heavy atom. The van der Waals surface area contributed by atoms with Crippen LogP contribution in [0.1, 0.15) is 43.0 Å². The maximum Gasteiger partial charge on any atom is 0.317 e. The van der Waals surface area contributed by atoms with Crippen molar-refractivity contribution in [3.05, 3.63) is 35.6 Å². The van der Waals surface area contributed by atoms with E-state index < -0.39 is 11.7 Å². The lowest BCUT2D eigenvalue weighted by Gasteiger charge is -2.53. The number of hydrogen-bond donors (Lipinski definition) is 2. The number of halogens is 1. The van der Waals surface area contributed by atoms with Crippen molar-refractivity contribution in [3.8, 4) is 0 Å². The van der Waals surface area contributed by atoms with Crippen molar-refractivity contribution in [3.63, 3.8) is 0 Å². The van der Waals surface area contributed by atoms with E-state index in [-0.39, 0.29) is 18.1 Å². The van der Waals surface area contributed by atoms with Gasteiger partial charge in [0.1, 0.15) is 5.82 Å². The average Bonchev–Trinajstić information content (AvgIpc) is 2.57. The summed E-state index contributed by atoms with van der Waals surface area (Å²) in [6.45, 7) is 4.52. The topological polar surface area (TPSA) is 61.4 Å². The molecule has 136 valence electrons. The lowest BCUT2D eigenvalue weighted by atomic mass is 9.59. The summed E-state index contributed by atoms with van der Waals surface area (Å²) in [5, 5.41) is 5.48. The van der Waals surface area contributed by atoms with Gasteiger partial charge in [-0.05, 0) is 42.7 Å². The van der Waals surface area contributed by atoms with Crippen molar-refractivity contribution in [1.82, 2.24) is 15.5 Å². The molecule has 1 saturated heterocycles. The molecule has 2 fully saturated rings. The summed E-state index contributed by atoms with van der Waals surface area (Å²) in [4.78, 5) is 26.1. The molecule has 1 saturated carbocycles. The van der Waals surface area contributed by atoms with Crippen LogP contribution in [0.4, 0.5) is 9.18 Å². The fourth-order valence-electron chi connectivity index (χ4n) is 3.92. The number of urea groups is 1. The molecule has 0 radical (unpaired) electrons. The molecule has 25 heavy (non-hydrogen) atoms. The van der Waals surface area contributed by atoms with Gasteiger partial charge in [0.05, 0.1) is 5.56 Å². The highest BCUT2D eigenvalue weighted by molar-refractivity contribution is 5.94. The van der Waals surface area contributed by atoms with E-state index in [0.717, 1.165) is 19.5 Å². The summed E-state index contributed by atoms with van der Waals surface area (Å²) in [5.41, 5.74) is 0.347. The first-order valence-corrected chi connectivity index (χ1v) is 9.07. The summed E-state index contributed by atoms with van der Waals surface area (Å²) in [6, 6.07) is 5.78. The predicted molar refractivity (Wildman–Crippen MR) is 93.8 cm³/mol. The molecule has 1 aromatic carbocycles. The van der Waals surface area contributed by atoms with E-state index in [1.807, 2.05) is 4.90 Å². The molecule has 1 unspecified atom stereocenters. The first kappa shape index (κ1) is 17.7. The van der Waals surface area contributed by atoms with Gasteiger partial charge in [0.2, 0.25) is 0 Å². The molecule has 2 N–H and O–H groups in total. The zero-order chi connectivity index (χ0) is 17.9. The quantitative estimate of drug-likeness (QED) is 0.823. The summed E-state index contributed by atoms with van der Waals surface area (Å²) >= 11 is 0. The van der Waals surface area contributed by atoms with Crippen LogP contribution in [0, 0.1) is 17.2 Å². The van der Waals surface area contributed by atoms with Crippen LogP contribution in [0.2, 0.25) is 0 Å². The number of carbonyl (C=O) groups is 2. The van der Waals surface area contributed by atoms with Crippen molar-refractivity contribution in [2.24, 2.45) is 11.3 Å². The summed E-state index contributed by atoms with van der Waals surface area (Å²) < 4.78 is 13.5. The Bertz CT molecular complexity index is 645. The summed E-state index contributed by atoms with van der Waals surface area (Å²) in [7, 11) is 0. The third kappa shape index (κ3) is 3.78. The number of likely N-dealkylation sites (tertiary alicyclic amines) is 1. The SMILES string of the molecule is CC1CCN(C(=O)NCCNC(=O)c2ccccc2F)CC12CCC2. The second kappa shape index (κ2) is 7.42. The molecule has 0 aromatic heterocycles. The Balaban J connectivity index is 1.41. The van der Waals surface area contributed by atoms with E-state index >= 15 is 0 Å². The largest absolute Gasteiger partial charge is 0.350 e. The van der Waals surface area contributed by atoms with Gasteiger partial charge in [0.15, 0.2) is 0 Å². The van der Waals surface area contributed by atoms with E-state index in [4.69, 9.17) is 0 Å². The van der Waals surface area contributed by atoms with Gasteiger partial charge in [-0.15, -0.1) is 0 Å². The van der Waals surface area contributed by atoms with E-state index in [0.29, 0.717) is 17.9 Å². The van der Waals surface area contributed by atoms with Crippen LogP contribution in [0.15, 0.2) is 24.3 Å². The predicted octanol–water partition coefficient (Wildman–Crippen LogP) is 2.78. The van der Waals surface area contributed by atoms with Crippen LogP contribution in [-0.2, 0) is 0 Å². The molecule has 1 aliphatic carbocycles. The molecule has 6 heteroatoms.